The van der Waals surface area contributed by atoms with Crippen LogP contribution in [0.3, 0.4) is 0 Å². The molecule has 0 aliphatic rings. The quantitative estimate of drug-likeness (QED) is 0.650. The van der Waals surface area contributed by atoms with Crippen LogP contribution in [0.2, 0.25) is 0 Å². The highest BCUT2D eigenvalue weighted by molar-refractivity contribution is 5.42. The zero-order chi connectivity index (χ0) is 9.84. The fraction of sp³-hybridized carbons (Fsp3) is 0.400. The van der Waals surface area contributed by atoms with Crippen LogP contribution in [0.5, 0.6) is 5.75 Å². The van der Waals surface area contributed by atoms with Gasteiger partial charge in [-0.05, 0) is 12.0 Å². The Bertz CT molecular complexity index is 286. The molecular formula is C10H15NO2. The average molecular weight is 181 g/mol. The summed E-state index contributed by atoms with van der Waals surface area (Å²) < 4.78 is 0. The van der Waals surface area contributed by atoms with E-state index in [2.05, 4.69) is 0 Å². The summed E-state index contributed by atoms with van der Waals surface area (Å²) in [6.45, 7) is 1.81. The second-order valence-corrected chi connectivity index (χ2v) is 3.00. The first-order valence-corrected chi connectivity index (χ1v) is 4.37. The van der Waals surface area contributed by atoms with E-state index in [1.54, 1.807) is 6.07 Å². The number of rotatable bonds is 3. The third-order valence-corrected chi connectivity index (χ3v) is 2.13. The van der Waals surface area contributed by atoms with Crippen LogP contribution in [0.1, 0.15) is 24.1 Å². The van der Waals surface area contributed by atoms with Gasteiger partial charge in [0, 0.05) is 5.56 Å². The lowest BCUT2D eigenvalue weighted by molar-refractivity contribution is 0.265. The molecule has 0 saturated carbocycles. The van der Waals surface area contributed by atoms with Gasteiger partial charge in [-0.1, -0.05) is 25.1 Å². The molecule has 13 heavy (non-hydrogen) atoms. The SMILES string of the molecule is CCc1cccc([C@@H](N)CO)c1O. The van der Waals surface area contributed by atoms with Crippen LogP contribution < -0.4 is 5.73 Å². The first kappa shape index (κ1) is 10.0. The predicted molar refractivity (Wildman–Crippen MR) is 51.5 cm³/mol. The molecule has 1 aromatic carbocycles. The molecule has 0 saturated heterocycles. The highest BCUT2D eigenvalue weighted by Gasteiger charge is 2.11. The van der Waals surface area contributed by atoms with Gasteiger partial charge >= 0.3 is 0 Å². The Labute approximate surface area is 77.8 Å². The maximum atomic E-state index is 9.70. The van der Waals surface area contributed by atoms with Gasteiger partial charge in [0.2, 0.25) is 0 Å². The number of para-hydroxylation sites is 1. The second kappa shape index (κ2) is 4.25. The van der Waals surface area contributed by atoms with Gasteiger partial charge in [0.15, 0.2) is 0 Å². The van der Waals surface area contributed by atoms with E-state index in [-0.39, 0.29) is 12.4 Å². The van der Waals surface area contributed by atoms with Crippen LogP contribution in [-0.4, -0.2) is 16.8 Å². The number of phenols is 1. The smallest absolute Gasteiger partial charge is 0.123 e. The average Bonchev–Trinajstić information content (AvgIpc) is 2.17. The van der Waals surface area contributed by atoms with E-state index in [1.165, 1.54) is 0 Å². The van der Waals surface area contributed by atoms with Crippen molar-refractivity contribution < 1.29 is 10.2 Å². The maximum absolute atomic E-state index is 9.70. The van der Waals surface area contributed by atoms with Gasteiger partial charge in [-0.15, -0.1) is 0 Å². The molecule has 0 amide bonds. The van der Waals surface area contributed by atoms with Gasteiger partial charge in [-0.3, -0.25) is 0 Å². The molecule has 0 spiro atoms. The molecule has 0 heterocycles. The standard InChI is InChI=1S/C10H15NO2/c1-2-7-4-3-5-8(10(7)13)9(11)6-12/h3-5,9,12-13H,2,6,11H2,1H3/t9-/m0/s1. The number of benzene rings is 1. The number of hydrogen-bond donors (Lipinski definition) is 3. The number of aliphatic hydroxyl groups excluding tert-OH is 1. The molecule has 0 bridgehead atoms. The molecule has 1 aromatic rings. The molecule has 0 unspecified atom stereocenters. The Hall–Kier alpha value is -1.06. The fourth-order valence-corrected chi connectivity index (χ4v) is 1.29. The molecule has 0 aliphatic heterocycles. The molecule has 3 nitrogen and oxygen atoms in total. The second-order valence-electron chi connectivity index (χ2n) is 3.00. The number of aromatic hydroxyl groups is 1. The van der Waals surface area contributed by atoms with E-state index in [0.717, 1.165) is 12.0 Å². The predicted octanol–water partition coefficient (Wildman–Crippen LogP) is 0.947. The summed E-state index contributed by atoms with van der Waals surface area (Å²) in [5, 5.41) is 18.5. The molecule has 1 rings (SSSR count). The van der Waals surface area contributed by atoms with Crippen molar-refractivity contribution >= 4 is 0 Å². The van der Waals surface area contributed by atoms with Crippen LogP contribution >= 0.6 is 0 Å². The third-order valence-electron chi connectivity index (χ3n) is 2.13. The first-order valence-electron chi connectivity index (χ1n) is 4.37. The highest BCUT2D eigenvalue weighted by Crippen LogP contribution is 2.26. The monoisotopic (exact) mass is 181 g/mol. The molecule has 72 valence electrons. The van der Waals surface area contributed by atoms with Crippen molar-refractivity contribution in [1.82, 2.24) is 0 Å². The Balaban J connectivity index is 3.08. The number of phenolic OH excluding ortho intramolecular Hbond substituents is 1. The molecule has 1 atom stereocenters. The Kier molecular flexibility index (Phi) is 3.28. The zero-order valence-electron chi connectivity index (χ0n) is 7.70. The number of nitrogens with two attached hydrogens (primary N) is 1. The summed E-state index contributed by atoms with van der Waals surface area (Å²) >= 11 is 0. The summed E-state index contributed by atoms with van der Waals surface area (Å²) in [5.41, 5.74) is 7.08. The maximum Gasteiger partial charge on any atom is 0.123 e. The van der Waals surface area contributed by atoms with Gasteiger partial charge in [0.1, 0.15) is 5.75 Å². The van der Waals surface area contributed by atoms with Gasteiger partial charge < -0.3 is 15.9 Å². The minimum absolute atomic E-state index is 0.152. The highest BCUT2D eigenvalue weighted by atomic mass is 16.3. The van der Waals surface area contributed by atoms with Crippen molar-refractivity contribution in [2.24, 2.45) is 5.73 Å². The summed E-state index contributed by atoms with van der Waals surface area (Å²) in [4.78, 5) is 0. The van der Waals surface area contributed by atoms with Gasteiger partial charge in [-0.25, -0.2) is 0 Å². The van der Waals surface area contributed by atoms with Crippen LogP contribution in [0.15, 0.2) is 18.2 Å². The van der Waals surface area contributed by atoms with Crippen LogP contribution in [0, 0.1) is 0 Å². The van der Waals surface area contributed by atoms with Crippen LogP contribution in [-0.2, 0) is 6.42 Å². The lowest BCUT2D eigenvalue weighted by Gasteiger charge is -2.12. The van der Waals surface area contributed by atoms with Gasteiger partial charge in [0.05, 0.1) is 12.6 Å². The topological polar surface area (TPSA) is 66.5 Å². The summed E-state index contributed by atoms with van der Waals surface area (Å²) in [7, 11) is 0. The van der Waals surface area contributed by atoms with E-state index in [4.69, 9.17) is 10.8 Å². The summed E-state index contributed by atoms with van der Waals surface area (Å²) in [5.74, 6) is 0.214. The van der Waals surface area contributed by atoms with Crippen molar-refractivity contribution in [3.05, 3.63) is 29.3 Å². The van der Waals surface area contributed by atoms with Crippen LogP contribution in [0.25, 0.3) is 0 Å². The molecule has 0 aromatic heterocycles. The molecule has 0 fully saturated rings. The van der Waals surface area contributed by atoms with Crippen LogP contribution in [0.4, 0.5) is 0 Å². The van der Waals surface area contributed by atoms with E-state index in [1.807, 2.05) is 19.1 Å². The number of hydrogen-bond acceptors (Lipinski definition) is 3. The molecular weight excluding hydrogens is 166 g/mol. The lowest BCUT2D eigenvalue weighted by Crippen LogP contribution is -2.14. The molecule has 0 radical (unpaired) electrons. The minimum Gasteiger partial charge on any atom is -0.507 e. The van der Waals surface area contributed by atoms with E-state index in [0.29, 0.717) is 5.56 Å². The number of aliphatic hydroxyl groups is 1. The summed E-state index contributed by atoms with van der Waals surface area (Å²) in [6, 6.07) is 4.92. The Morgan fingerprint density at radius 2 is 2.15 bits per heavy atom. The van der Waals surface area contributed by atoms with E-state index >= 15 is 0 Å². The Morgan fingerprint density at radius 1 is 1.46 bits per heavy atom. The number of aryl methyl sites for hydroxylation is 1. The van der Waals surface area contributed by atoms with Gasteiger partial charge in [-0.2, -0.15) is 0 Å². The minimum atomic E-state index is -0.494. The van der Waals surface area contributed by atoms with Crippen molar-refractivity contribution in [2.45, 2.75) is 19.4 Å². The van der Waals surface area contributed by atoms with Crippen molar-refractivity contribution in [1.29, 1.82) is 0 Å². The molecule has 4 N–H and O–H groups in total. The first-order chi connectivity index (χ1) is 6.20. The van der Waals surface area contributed by atoms with E-state index < -0.39 is 6.04 Å². The summed E-state index contributed by atoms with van der Waals surface area (Å²) in [6.07, 6.45) is 0.762. The Morgan fingerprint density at radius 3 is 2.69 bits per heavy atom. The lowest BCUT2D eigenvalue weighted by atomic mass is 10.0. The fourth-order valence-electron chi connectivity index (χ4n) is 1.29. The van der Waals surface area contributed by atoms with E-state index in [9.17, 15) is 5.11 Å². The molecule has 3 heteroatoms. The van der Waals surface area contributed by atoms with Crippen molar-refractivity contribution in [2.75, 3.05) is 6.61 Å². The van der Waals surface area contributed by atoms with Crippen molar-refractivity contribution in [3.8, 4) is 5.75 Å². The zero-order valence-corrected chi connectivity index (χ0v) is 7.70. The van der Waals surface area contributed by atoms with Crippen molar-refractivity contribution in [3.63, 3.8) is 0 Å². The molecule has 0 aliphatic carbocycles. The normalized spacial score (nSPS) is 12.8. The van der Waals surface area contributed by atoms with Gasteiger partial charge in [0.25, 0.3) is 0 Å². The largest absolute Gasteiger partial charge is 0.507 e. The third kappa shape index (κ3) is 1.99.